The Kier molecular flexibility index (Phi) is 4.63. The van der Waals surface area contributed by atoms with Crippen molar-refractivity contribution in [3.8, 4) is 11.5 Å². The minimum Gasteiger partial charge on any atom is -0.486 e. The van der Waals surface area contributed by atoms with Gasteiger partial charge in [-0.2, -0.15) is 0 Å². The van der Waals surface area contributed by atoms with Crippen molar-refractivity contribution in [1.29, 1.82) is 0 Å². The summed E-state index contributed by atoms with van der Waals surface area (Å²) in [6.45, 7) is 1.08. The van der Waals surface area contributed by atoms with Gasteiger partial charge in [0.2, 0.25) is 0 Å². The zero-order chi connectivity index (χ0) is 17.9. The van der Waals surface area contributed by atoms with E-state index in [1.54, 1.807) is 6.08 Å². The Morgan fingerprint density at radius 2 is 1.88 bits per heavy atom. The Morgan fingerprint density at radius 3 is 2.73 bits per heavy atom. The first-order valence-electron chi connectivity index (χ1n) is 8.43. The van der Waals surface area contributed by atoms with E-state index in [9.17, 15) is 4.79 Å². The second-order valence-corrected chi connectivity index (χ2v) is 6.44. The number of nitrogens with zero attached hydrogens (tertiary/aromatic N) is 1. The van der Waals surface area contributed by atoms with Crippen LogP contribution in [0, 0.1) is 0 Å². The van der Waals surface area contributed by atoms with Crippen LogP contribution in [0.15, 0.2) is 53.2 Å². The molecule has 0 aliphatic carbocycles. The van der Waals surface area contributed by atoms with Gasteiger partial charge in [0.25, 0.3) is 5.91 Å². The fraction of sp³-hybridized carbons (Fsp3) is 0.200. The smallest absolute Gasteiger partial charge is 0.275 e. The molecule has 0 bridgehead atoms. The molecule has 0 saturated heterocycles. The van der Waals surface area contributed by atoms with Crippen LogP contribution in [0.3, 0.4) is 0 Å². The predicted molar refractivity (Wildman–Crippen MR) is 101 cm³/mol. The summed E-state index contributed by atoms with van der Waals surface area (Å²) in [6.07, 6.45) is 3.08. The highest BCUT2D eigenvalue weighted by Gasteiger charge is 2.20. The van der Waals surface area contributed by atoms with Crippen LogP contribution in [0.25, 0.3) is 6.08 Å². The van der Waals surface area contributed by atoms with E-state index in [0.29, 0.717) is 36.9 Å². The highest BCUT2D eigenvalue weighted by Crippen LogP contribution is 2.31. The molecule has 4 rings (SSSR count). The SMILES string of the molecule is O=C1NC(CCc2ccccc2Cl)=N/C1=C/c1ccc2c(c1)OCCO2. The largest absolute Gasteiger partial charge is 0.486 e. The number of halogens is 1. The number of carbonyl (C=O) groups excluding carboxylic acids is 1. The van der Waals surface area contributed by atoms with Crippen LogP contribution in [0.5, 0.6) is 11.5 Å². The molecule has 2 aliphatic heterocycles. The zero-order valence-electron chi connectivity index (χ0n) is 14.0. The second kappa shape index (κ2) is 7.22. The predicted octanol–water partition coefficient (Wildman–Crippen LogP) is 3.61. The van der Waals surface area contributed by atoms with E-state index in [2.05, 4.69) is 10.3 Å². The number of rotatable bonds is 4. The quantitative estimate of drug-likeness (QED) is 0.838. The molecular formula is C20H17ClN2O3. The molecule has 6 heteroatoms. The van der Waals surface area contributed by atoms with Crippen molar-refractivity contribution in [2.45, 2.75) is 12.8 Å². The number of aryl methyl sites for hydroxylation is 1. The summed E-state index contributed by atoms with van der Waals surface area (Å²) >= 11 is 6.17. The van der Waals surface area contributed by atoms with Gasteiger partial charge in [-0.05, 0) is 41.8 Å². The lowest BCUT2D eigenvalue weighted by Gasteiger charge is -2.18. The summed E-state index contributed by atoms with van der Waals surface area (Å²) in [7, 11) is 0. The molecule has 0 saturated carbocycles. The van der Waals surface area contributed by atoms with Gasteiger partial charge in [0.05, 0.1) is 0 Å². The van der Waals surface area contributed by atoms with E-state index in [1.165, 1.54) is 0 Å². The van der Waals surface area contributed by atoms with Gasteiger partial charge in [0.15, 0.2) is 11.5 Å². The number of ether oxygens (including phenoxy) is 2. The monoisotopic (exact) mass is 368 g/mol. The van der Waals surface area contributed by atoms with Crippen LogP contribution in [-0.4, -0.2) is 25.0 Å². The maximum Gasteiger partial charge on any atom is 0.275 e. The maximum absolute atomic E-state index is 12.2. The fourth-order valence-corrected chi connectivity index (χ4v) is 3.13. The summed E-state index contributed by atoms with van der Waals surface area (Å²) in [6, 6.07) is 13.3. The summed E-state index contributed by atoms with van der Waals surface area (Å²) in [4.78, 5) is 16.6. The molecule has 0 radical (unpaired) electrons. The van der Waals surface area contributed by atoms with Crippen LogP contribution >= 0.6 is 11.6 Å². The Bertz CT molecular complexity index is 921. The first-order chi connectivity index (χ1) is 12.7. The molecule has 2 aliphatic rings. The first kappa shape index (κ1) is 16.7. The highest BCUT2D eigenvalue weighted by molar-refractivity contribution is 6.31. The molecule has 5 nitrogen and oxygen atoms in total. The minimum atomic E-state index is -0.200. The van der Waals surface area contributed by atoms with Gasteiger partial charge in [-0.25, -0.2) is 4.99 Å². The van der Waals surface area contributed by atoms with Gasteiger partial charge in [-0.3, -0.25) is 4.79 Å². The average Bonchev–Trinajstić information content (AvgIpc) is 3.00. The number of nitrogens with one attached hydrogen (secondary N) is 1. The molecular weight excluding hydrogens is 352 g/mol. The maximum atomic E-state index is 12.2. The van der Waals surface area contributed by atoms with Crippen LogP contribution < -0.4 is 14.8 Å². The molecule has 0 atom stereocenters. The lowest BCUT2D eigenvalue weighted by molar-refractivity contribution is -0.115. The molecule has 0 aromatic heterocycles. The normalized spacial score (nSPS) is 17.2. The minimum absolute atomic E-state index is 0.200. The van der Waals surface area contributed by atoms with E-state index >= 15 is 0 Å². The van der Waals surface area contributed by atoms with Gasteiger partial charge in [-0.15, -0.1) is 0 Å². The average molecular weight is 369 g/mol. The Balaban J connectivity index is 1.49. The molecule has 26 heavy (non-hydrogen) atoms. The summed E-state index contributed by atoms with van der Waals surface area (Å²) < 4.78 is 11.1. The van der Waals surface area contributed by atoms with Crippen molar-refractivity contribution in [3.63, 3.8) is 0 Å². The first-order valence-corrected chi connectivity index (χ1v) is 8.80. The lowest BCUT2D eigenvalue weighted by atomic mass is 10.1. The van der Waals surface area contributed by atoms with Gasteiger partial charge in [0, 0.05) is 11.4 Å². The second-order valence-electron chi connectivity index (χ2n) is 6.04. The third kappa shape index (κ3) is 3.58. The van der Waals surface area contributed by atoms with Crippen molar-refractivity contribution < 1.29 is 14.3 Å². The highest BCUT2D eigenvalue weighted by atomic mass is 35.5. The van der Waals surface area contributed by atoms with Crippen molar-refractivity contribution in [2.75, 3.05) is 13.2 Å². The Morgan fingerprint density at radius 1 is 1.08 bits per heavy atom. The van der Waals surface area contributed by atoms with Gasteiger partial charge >= 0.3 is 0 Å². The van der Waals surface area contributed by atoms with E-state index in [4.69, 9.17) is 21.1 Å². The molecule has 0 fully saturated rings. The van der Waals surface area contributed by atoms with Crippen molar-refractivity contribution in [3.05, 3.63) is 64.3 Å². The molecule has 1 amide bonds. The standard InChI is InChI=1S/C20H17ClN2O3/c21-15-4-2-1-3-14(15)6-8-19-22-16(20(24)23-19)11-13-5-7-17-18(12-13)26-10-9-25-17/h1-5,7,11-12H,6,8-10H2,(H,22,23,24)/b16-11+. The summed E-state index contributed by atoms with van der Waals surface area (Å²) in [5.74, 6) is 1.86. The van der Waals surface area contributed by atoms with Crippen LogP contribution in [0.4, 0.5) is 0 Å². The lowest BCUT2D eigenvalue weighted by Crippen LogP contribution is -2.24. The number of benzene rings is 2. The van der Waals surface area contributed by atoms with Gasteiger partial charge < -0.3 is 14.8 Å². The number of amidine groups is 1. The van der Waals surface area contributed by atoms with Crippen molar-refractivity contribution in [2.24, 2.45) is 4.99 Å². The van der Waals surface area contributed by atoms with Gasteiger partial charge in [-0.1, -0.05) is 35.9 Å². The molecule has 2 aromatic carbocycles. The topological polar surface area (TPSA) is 59.9 Å². The molecule has 132 valence electrons. The third-order valence-corrected chi connectivity index (χ3v) is 4.57. The summed E-state index contributed by atoms with van der Waals surface area (Å²) in [5, 5.41) is 3.55. The molecule has 1 N–H and O–H groups in total. The van der Waals surface area contributed by atoms with Crippen LogP contribution in [-0.2, 0) is 11.2 Å². The van der Waals surface area contributed by atoms with Crippen molar-refractivity contribution >= 4 is 29.4 Å². The van der Waals surface area contributed by atoms with Crippen molar-refractivity contribution in [1.82, 2.24) is 5.32 Å². The van der Waals surface area contributed by atoms with E-state index in [-0.39, 0.29) is 5.91 Å². The summed E-state index contributed by atoms with van der Waals surface area (Å²) in [5.41, 5.74) is 2.27. The number of aliphatic imine (C=N–C) groups is 1. The fourth-order valence-electron chi connectivity index (χ4n) is 2.90. The van der Waals surface area contributed by atoms with Crippen LogP contribution in [0.2, 0.25) is 5.02 Å². The Labute approximate surface area is 156 Å². The van der Waals surface area contributed by atoms with E-state index in [1.807, 2.05) is 42.5 Å². The van der Waals surface area contributed by atoms with E-state index in [0.717, 1.165) is 28.3 Å². The van der Waals surface area contributed by atoms with Crippen LogP contribution in [0.1, 0.15) is 17.5 Å². The zero-order valence-corrected chi connectivity index (χ0v) is 14.8. The number of amides is 1. The number of hydrogen-bond donors (Lipinski definition) is 1. The Hall–Kier alpha value is -2.79. The number of fused-ring (bicyclic) bond motifs is 1. The van der Waals surface area contributed by atoms with Gasteiger partial charge in [0.1, 0.15) is 24.7 Å². The molecule has 0 unspecified atom stereocenters. The number of carbonyl (C=O) groups is 1. The van der Waals surface area contributed by atoms with E-state index < -0.39 is 0 Å². The molecule has 2 heterocycles. The molecule has 2 aromatic rings. The third-order valence-electron chi connectivity index (χ3n) is 4.20. The molecule has 0 spiro atoms. The number of hydrogen-bond acceptors (Lipinski definition) is 4.